The topological polar surface area (TPSA) is 52.8 Å². The highest BCUT2D eigenvalue weighted by molar-refractivity contribution is 7.05. The number of benzene rings is 1. The number of nitriles is 1. The molecule has 0 bridgehead atoms. The lowest BCUT2D eigenvalue weighted by Gasteiger charge is -2.23. The van der Waals surface area contributed by atoms with E-state index < -0.39 is 11.7 Å². The lowest BCUT2D eigenvalue weighted by molar-refractivity contribution is -0.138. The smallest absolute Gasteiger partial charge is 0.361 e. The molecule has 2 aromatic rings. The van der Waals surface area contributed by atoms with E-state index in [-0.39, 0.29) is 23.6 Å². The number of nitrogens with zero attached hydrogens (tertiary/aromatic N) is 4. The van der Waals surface area contributed by atoms with Crippen molar-refractivity contribution in [1.82, 2.24) is 9.36 Å². The van der Waals surface area contributed by atoms with Crippen molar-refractivity contribution >= 4 is 17.2 Å². The monoisotopic (exact) mass is 338 g/mol. The summed E-state index contributed by atoms with van der Waals surface area (Å²) >= 11 is 1.27. The number of hydrogen-bond donors (Lipinski definition) is 0. The van der Waals surface area contributed by atoms with Crippen LogP contribution in [0.2, 0.25) is 0 Å². The van der Waals surface area contributed by atoms with Gasteiger partial charge in [-0.05, 0) is 49.5 Å². The first-order valence-corrected chi connectivity index (χ1v) is 7.77. The second kappa shape index (κ2) is 5.49. The Morgan fingerprint density at radius 2 is 2.17 bits per heavy atom. The summed E-state index contributed by atoms with van der Waals surface area (Å²) in [6.45, 7) is 4.07. The number of aryl methyl sites for hydroxylation is 1. The van der Waals surface area contributed by atoms with Gasteiger partial charge >= 0.3 is 6.18 Å². The number of anilines is 1. The van der Waals surface area contributed by atoms with Crippen LogP contribution in [0.25, 0.3) is 0 Å². The van der Waals surface area contributed by atoms with E-state index in [9.17, 15) is 13.2 Å². The highest BCUT2D eigenvalue weighted by Gasteiger charge is 2.41. The minimum Gasteiger partial charge on any atom is -0.361 e. The third-order valence-corrected chi connectivity index (χ3v) is 4.57. The van der Waals surface area contributed by atoms with E-state index >= 15 is 0 Å². The SMILES string of the molecule is Cc1nc(CN2c3ccc(C#N)c(C(F)(F)F)c3CC2C)ns1. The average Bonchev–Trinajstić information content (AvgIpc) is 3.01. The Morgan fingerprint density at radius 1 is 1.43 bits per heavy atom. The minimum absolute atomic E-state index is 0.108. The van der Waals surface area contributed by atoms with Gasteiger partial charge in [-0.15, -0.1) is 0 Å². The van der Waals surface area contributed by atoms with Crippen molar-refractivity contribution < 1.29 is 13.2 Å². The largest absolute Gasteiger partial charge is 0.418 e. The van der Waals surface area contributed by atoms with E-state index in [1.165, 1.54) is 17.6 Å². The van der Waals surface area contributed by atoms with E-state index in [1.807, 2.05) is 18.7 Å². The molecule has 4 nitrogen and oxygen atoms in total. The predicted molar refractivity (Wildman–Crippen MR) is 80.2 cm³/mol. The molecule has 1 unspecified atom stereocenters. The maximum absolute atomic E-state index is 13.4. The zero-order valence-corrected chi connectivity index (χ0v) is 13.3. The summed E-state index contributed by atoms with van der Waals surface area (Å²) in [7, 11) is 0. The summed E-state index contributed by atoms with van der Waals surface area (Å²) in [5, 5.41) is 9.82. The zero-order chi connectivity index (χ0) is 16.8. The lowest BCUT2D eigenvalue weighted by atomic mass is 9.98. The quantitative estimate of drug-likeness (QED) is 0.838. The van der Waals surface area contributed by atoms with E-state index in [4.69, 9.17) is 5.26 Å². The number of alkyl halides is 3. The number of fused-ring (bicyclic) bond motifs is 1. The van der Waals surface area contributed by atoms with Gasteiger partial charge in [0.05, 0.1) is 23.7 Å². The molecule has 0 N–H and O–H groups in total. The number of hydrogen-bond acceptors (Lipinski definition) is 5. The summed E-state index contributed by atoms with van der Waals surface area (Å²) in [6, 6.07) is 4.38. The fraction of sp³-hybridized carbons (Fsp3) is 0.400. The normalized spacial score (nSPS) is 17.2. The molecule has 0 aliphatic carbocycles. The van der Waals surface area contributed by atoms with Gasteiger partial charge in [-0.3, -0.25) is 0 Å². The lowest BCUT2D eigenvalue weighted by Crippen LogP contribution is -2.29. The fourth-order valence-electron chi connectivity index (χ4n) is 2.97. The van der Waals surface area contributed by atoms with Gasteiger partial charge in [0, 0.05) is 11.7 Å². The molecule has 1 aliphatic heterocycles. The standard InChI is InChI=1S/C15H13F3N4S/c1-8-5-11-12(22(8)7-13-20-9(2)23-21-13)4-3-10(6-19)14(11)15(16,17)18/h3-4,8H,5,7H2,1-2H3. The molecule has 1 atom stereocenters. The van der Waals surface area contributed by atoms with Crippen molar-refractivity contribution in [2.24, 2.45) is 0 Å². The minimum atomic E-state index is -4.54. The molecule has 2 heterocycles. The second-order valence-electron chi connectivity index (χ2n) is 5.51. The van der Waals surface area contributed by atoms with Gasteiger partial charge in [-0.25, -0.2) is 4.98 Å². The number of rotatable bonds is 2. The Labute approximate surface area is 135 Å². The van der Waals surface area contributed by atoms with Crippen LogP contribution < -0.4 is 4.90 Å². The van der Waals surface area contributed by atoms with Gasteiger partial charge in [0.1, 0.15) is 5.01 Å². The van der Waals surface area contributed by atoms with Crippen LogP contribution in [0.4, 0.5) is 18.9 Å². The fourth-order valence-corrected chi connectivity index (χ4v) is 3.45. The first-order chi connectivity index (χ1) is 10.8. The van der Waals surface area contributed by atoms with Crippen LogP contribution in [-0.4, -0.2) is 15.4 Å². The van der Waals surface area contributed by atoms with Crippen molar-refractivity contribution in [2.45, 2.75) is 39.0 Å². The summed E-state index contributed by atoms with van der Waals surface area (Å²) in [6.07, 6.45) is -4.29. The van der Waals surface area contributed by atoms with Crippen LogP contribution in [0.1, 0.15) is 34.4 Å². The maximum Gasteiger partial charge on any atom is 0.418 e. The van der Waals surface area contributed by atoms with Crippen molar-refractivity contribution in [1.29, 1.82) is 5.26 Å². The third-order valence-electron chi connectivity index (χ3n) is 3.91. The third kappa shape index (κ3) is 2.77. The van der Waals surface area contributed by atoms with Crippen LogP contribution in [0.3, 0.4) is 0 Å². The van der Waals surface area contributed by atoms with Crippen LogP contribution in [0.5, 0.6) is 0 Å². The molecule has 0 amide bonds. The van der Waals surface area contributed by atoms with E-state index in [2.05, 4.69) is 9.36 Å². The van der Waals surface area contributed by atoms with Crippen LogP contribution in [-0.2, 0) is 19.1 Å². The van der Waals surface area contributed by atoms with Crippen molar-refractivity contribution in [2.75, 3.05) is 4.90 Å². The molecular formula is C15H13F3N4S. The second-order valence-corrected chi connectivity index (χ2v) is 6.46. The predicted octanol–water partition coefficient (Wildman–Crippen LogP) is 3.69. The highest BCUT2D eigenvalue weighted by Crippen LogP contribution is 2.43. The van der Waals surface area contributed by atoms with Crippen LogP contribution in [0, 0.1) is 18.3 Å². The van der Waals surface area contributed by atoms with Crippen molar-refractivity contribution in [3.63, 3.8) is 0 Å². The Kier molecular flexibility index (Phi) is 3.76. The molecule has 0 fully saturated rings. The summed E-state index contributed by atoms with van der Waals surface area (Å²) in [5.41, 5.74) is -0.436. The Morgan fingerprint density at radius 3 is 2.74 bits per heavy atom. The zero-order valence-electron chi connectivity index (χ0n) is 12.5. The van der Waals surface area contributed by atoms with E-state index in [0.717, 1.165) is 5.01 Å². The molecule has 0 saturated carbocycles. The highest BCUT2D eigenvalue weighted by atomic mass is 32.1. The van der Waals surface area contributed by atoms with E-state index in [0.29, 0.717) is 18.1 Å². The molecule has 120 valence electrons. The van der Waals surface area contributed by atoms with Gasteiger partial charge < -0.3 is 4.90 Å². The summed E-state index contributed by atoms with van der Waals surface area (Å²) < 4.78 is 44.4. The van der Waals surface area contributed by atoms with Gasteiger partial charge in [0.25, 0.3) is 0 Å². The number of aromatic nitrogens is 2. The molecule has 0 saturated heterocycles. The molecule has 8 heteroatoms. The Balaban J connectivity index is 2.06. The first-order valence-electron chi connectivity index (χ1n) is 7.00. The van der Waals surface area contributed by atoms with Gasteiger partial charge in [0.2, 0.25) is 0 Å². The molecule has 1 aromatic carbocycles. The average molecular weight is 338 g/mol. The van der Waals surface area contributed by atoms with Crippen LogP contribution in [0.15, 0.2) is 12.1 Å². The maximum atomic E-state index is 13.4. The first kappa shape index (κ1) is 15.7. The molecule has 3 rings (SSSR count). The Bertz CT molecular complexity index is 791. The van der Waals surface area contributed by atoms with Crippen LogP contribution >= 0.6 is 11.5 Å². The molecule has 0 spiro atoms. The molecule has 0 radical (unpaired) electrons. The van der Waals surface area contributed by atoms with Crippen molar-refractivity contribution in [3.8, 4) is 6.07 Å². The molecule has 1 aliphatic rings. The summed E-state index contributed by atoms with van der Waals surface area (Å²) in [4.78, 5) is 6.15. The number of halogens is 3. The summed E-state index contributed by atoms with van der Waals surface area (Å²) in [5.74, 6) is 0.602. The molecular weight excluding hydrogens is 325 g/mol. The van der Waals surface area contributed by atoms with Gasteiger partial charge in [-0.1, -0.05) is 0 Å². The molecule has 23 heavy (non-hydrogen) atoms. The van der Waals surface area contributed by atoms with E-state index in [1.54, 1.807) is 12.1 Å². The molecule has 1 aromatic heterocycles. The van der Waals surface area contributed by atoms with Crippen molar-refractivity contribution in [3.05, 3.63) is 39.7 Å². The van der Waals surface area contributed by atoms with Gasteiger partial charge in [0.15, 0.2) is 5.82 Å². The Hall–Kier alpha value is -2.14. The van der Waals surface area contributed by atoms with Gasteiger partial charge in [-0.2, -0.15) is 22.8 Å².